The molecule has 4 bridgehead atoms. The van der Waals surface area contributed by atoms with Gasteiger partial charge in [0.2, 0.25) is 5.88 Å². The average molecular weight is 403 g/mol. The first kappa shape index (κ1) is 20.4. The molecule has 0 spiro atoms. The van der Waals surface area contributed by atoms with Gasteiger partial charge < -0.3 is 25.5 Å². The number of carbonyl (C=O) groups is 1. The van der Waals surface area contributed by atoms with Crippen molar-refractivity contribution in [2.45, 2.75) is 33.0 Å². The number of hydrogen-bond acceptors (Lipinski definition) is 8. The molecule has 1 amide bonds. The summed E-state index contributed by atoms with van der Waals surface area (Å²) >= 11 is 0. The van der Waals surface area contributed by atoms with E-state index in [-0.39, 0.29) is 30.8 Å². The molecule has 3 aliphatic heterocycles. The van der Waals surface area contributed by atoms with Crippen LogP contribution in [0.2, 0.25) is 0 Å². The second-order valence-corrected chi connectivity index (χ2v) is 6.13. The fourth-order valence-electron chi connectivity index (χ4n) is 2.82. The van der Waals surface area contributed by atoms with Gasteiger partial charge in [-0.05, 0) is 12.0 Å². The molecule has 0 aliphatic carbocycles. The van der Waals surface area contributed by atoms with Crippen LogP contribution >= 0.6 is 0 Å². The van der Waals surface area contributed by atoms with E-state index < -0.39 is 6.17 Å². The Kier molecular flexibility index (Phi) is 6.50. The minimum Gasteiger partial charge on any atom is -0.468 e. The Morgan fingerprint density at radius 2 is 2.07 bits per heavy atom. The molecular formula is C18H25N7O4. The first-order valence-corrected chi connectivity index (χ1v) is 9.50. The van der Waals surface area contributed by atoms with Crippen molar-refractivity contribution in [3.8, 4) is 5.88 Å². The van der Waals surface area contributed by atoms with Crippen LogP contribution in [0.25, 0.3) is 0 Å². The molecule has 3 aliphatic rings. The summed E-state index contributed by atoms with van der Waals surface area (Å²) in [5, 5.41) is 5.74. The number of anilines is 1. The quantitative estimate of drug-likeness (QED) is 0.494. The molecule has 1 unspecified atom stereocenters. The van der Waals surface area contributed by atoms with E-state index in [2.05, 4.69) is 25.6 Å². The van der Waals surface area contributed by atoms with Crippen LogP contribution in [0.1, 0.15) is 37.7 Å². The van der Waals surface area contributed by atoms with Crippen molar-refractivity contribution in [1.29, 1.82) is 0 Å². The maximum atomic E-state index is 12.4. The molecule has 0 saturated heterocycles. The minimum atomic E-state index is -0.735. The van der Waals surface area contributed by atoms with Gasteiger partial charge in [-0.2, -0.15) is 0 Å². The Hall–Kier alpha value is -3.34. The van der Waals surface area contributed by atoms with Crippen LogP contribution in [0, 0.1) is 0 Å². The van der Waals surface area contributed by atoms with Crippen molar-refractivity contribution in [3.63, 3.8) is 0 Å². The fraction of sp³-hybridized carbons (Fsp3) is 0.444. The highest BCUT2D eigenvalue weighted by atomic mass is 16.5. The predicted molar refractivity (Wildman–Crippen MR) is 107 cm³/mol. The van der Waals surface area contributed by atoms with E-state index >= 15 is 0 Å². The first-order chi connectivity index (χ1) is 14.1. The molecule has 5 N–H and O–H groups in total. The number of aromatic nitrogens is 3. The molecule has 2 aromatic heterocycles. The van der Waals surface area contributed by atoms with Crippen molar-refractivity contribution in [1.82, 2.24) is 19.9 Å². The van der Waals surface area contributed by atoms with E-state index in [1.807, 2.05) is 13.8 Å². The summed E-state index contributed by atoms with van der Waals surface area (Å²) in [6.45, 7) is 4.89. The number of imidazole rings is 1. The Bertz CT molecular complexity index is 933. The van der Waals surface area contributed by atoms with E-state index in [1.54, 1.807) is 18.3 Å². The van der Waals surface area contributed by atoms with Gasteiger partial charge in [0.25, 0.3) is 11.9 Å². The normalized spacial score (nSPS) is 18.7. The molecule has 5 rings (SSSR count). The van der Waals surface area contributed by atoms with Gasteiger partial charge in [-0.1, -0.05) is 19.9 Å². The lowest BCUT2D eigenvalue weighted by atomic mass is 10.2. The SMILES string of the molecule is CC.NC1N=C2Nc3c1[nH]c(=O)n3Cc1ccc(nc1)OCC(=O)NCCCO2. The smallest absolute Gasteiger partial charge is 0.327 e. The first-order valence-electron chi connectivity index (χ1n) is 9.50. The zero-order chi connectivity index (χ0) is 20.8. The number of fused-ring (bicyclic) bond motifs is 9. The molecule has 2 aromatic rings. The van der Waals surface area contributed by atoms with E-state index in [1.165, 1.54) is 4.57 Å². The van der Waals surface area contributed by atoms with Gasteiger partial charge in [-0.15, -0.1) is 0 Å². The number of nitrogens with one attached hydrogen (secondary N) is 3. The summed E-state index contributed by atoms with van der Waals surface area (Å²) in [6, 6.07) is 3.66. The van der Waals surface area contributed by atoms with E-state index in [4.69, 9.17) is 15.2 Å². The van der Waals surface area contributed by atoms with Gasteiger partial charge in [0.05, 0.1) is 13.2 Å². The number of aromatic amines is 1. The summed E-state index contributed by atoms with van der Waals surface area (Å²) in [7, 11) is 0. The van der Waals surface area contributed by atoms with Crippen LogP contribution < -0.4 is 26.8 Å². The van der Waals surface area contributed by atoms with Gasteiger partial charge >= 0.3 is 5.69 Å². The topological polar surface area (TPSA) is 149 Å². The molecule has 29 heavy (non-hydrogen) atoms. The molecule has 0 fully saturated rings. The average Bonchev–Trinajstić information content (AvgIpc) is 3.04. The maximum Gasteiger partial charge on any atom is 0.327 e. The summed E-state index contributed by atoms with van der Waals surface area (Å²) < 4.78 is 12.5. The Balaban J connectivity index is 0.00000117. The largest absolute Gasteiger partial charge is 0.468 e. The highest BCUT2D eigenvalue weighted by Gasteiger charge is 2.26. The summed E-state index contributed by atoms with van der Waals surface area (Å²) in [4.78, 5) is 35.2. The van der Waals surface area contributed by atoms with E-state index in [0.717, 1.165) is 5.56 Å². The lowest BCUT2D eigenvalue weighted by Gasteiger charge is -2.20. The number of amides is 1. The number of H-pyrrole nitrogens is 1. The van der Waals surface area contributed by atoms with Gasteiger partial charge in [-0.25, -0.2) is 14.8 Å². The number of carbonyl (C=O) groups excluding carboxylic acids is 1. The number of rotatable bonds is 0. The lowest BCUT2D eigenvalue weighted by Crippen LogP contribution is -2.31. The summed E-state index contributed by atoms with van der Waals surface area (Å²) in [5.74, 6) is 0.600. The van der Waals surface area contributed by atoms with Crippen LogP contribution in [-0.4, -0.2) is 46.2 Å². The number of nitrogens with zero attached hydrogens (tertiary/aromatic N) is 3. The zero-order valence-corrected chi connectivity index (χ0v) is 16.4. The standard InChI is InChI=1S/C16H19N7O4.C2H6/c17-13-12-14-22-15(21-13)26-5-1-4-18-10(24)8-27-11-3-2-9(6-19-11)7-23(14)16(25)20-12;1-2/h2-3,6,13H,1,4-5,7-8,17H2,(H,18,24)(H,20,25)(H,21,22);1-2H3. The highest BCUT2D eigenvalue weighted by molar-refractivity contribution is 5.90. The van der Waals surface area contributed by atoms with Crippen molar-refractivity contribution >= 4 is 17.7 Å². The molecule has 156 valence electrons. The molecule has 0 saturated carbocycles. The number of amidine groups is 1. The lowest BCUT2D eigenvalue weighted by molar-refractivity contribution is -0.123. The van der Waals surface area contributed by atoms with Gasteiger partial charge in [0.15, 0.2) is 6.61 Å². The maximum absolute atomic E-state index is 12.4. The third-order valence-corrected chi connectivity index (χ3v) is 4.16. The molecule has 1 atom stereocenters. The molecule has 11 nitrogen and oxygen atoms in total. The monoisotopic (exact) mass is 403 g/mol. The van der Waals surface area contributed by atoms with Gasteiger partial charge in [0.1, 0.15) is 17.7 Å². The van der Waals surface area contributed by atoms with Crippen LogP contribution in [0.5, 0.6) is 5.88 Å². The van der Waals surface area contributed by atoms with Crippen LogP contribution in [-0.2, 0) is 16.1 Å². The molecule has 0 aromatic carbocycles. The number of aliphatic imine (C=N–C) groups is 1. The third-order valence-electron chi connectivity index (χ3n) is 4.16. The fourth-order valence-corrected chi connectivity index (χ4v) is 2.82. The predicted octanol–water partition coefficient (Wildman–Crippen LogP) is 0.300. The summed E-state index contributed by atoms with van der Waals surface area (Å²) in [6.07, 6.45) is 1.42. The number of nitrogens with two attached hydrogens (primary N) is 1. The van der Waals surface area contributed by atoms with Gasteiger partial charge in [-0.3, -0.25) is 14.7 Å². The number of pyridine rings is 1. The second kappa shape index (κ2) is 9.24. The summed E-state index contributed by atoms with van der Waals surface area (Å²) in [5.41, 5.74) is 6.99. The van der Waals surface area contributed by atoms with Crippen molar-refractivity contribution in [2.24, 2.45) is 10.7 Å². The highest BCUT2D eigenvalue weighted by Crippen LogP contribution is 2.24. The number of hydrogen-bond donors (Lipinski definition) is 4. The number of ether oxygens (including phenoxy) is 2. The van der Waals surface area contributed by atoms with Crippen molar-refractivity contribution in [2.75, 3.05) is 25.1 Å². The van der Waals surface area contributed by atoms with E-state index in [9.17, 15) is 9.59 Å². The third kappa shape index (κ3) is 4.74. The molecule has 0 radical (unpaired) electrons. The van der Waals surface area contributed by atoms with E-state index in [0.29, 0.717) is 37.0 Å². The molecule has 11 heteroatoms. The van der Waals surface area contributed by atoms with Crippen LogP contribution in [0.3, 0.4) is 0 Å². The Morgan fingerprint density at radius 3 is 2.83 bits per heavy atom. The molecule has 5 heterocycles. The van der Waals surface area contributed by atoms with Crippen molar-refractivity contribution < 1.29 is 14.3 Å². The minimum absolute atomic E-state index is 0.124. The van der Waals surface area contributed by atoms with Crippen molar-refractivity contribution in [3.05, 3.63) is 40.1 Å². The molecular weight excluding hydrogens is 378 g/mol. The van der Waals surface area contributed by atoms with Crippen LogP contribution in [0.4, 0.5) is 5.82 Å². The van der Waals surface area contributed by atoms with Crippen LogP contribution in [0.15, 0.2) is 28.1 Å². The Morgan fingerprint density at radius 1 is 1.24 bits per heavy atom. The zero-order valence-electron chi connectivity index (χ0n) is 16.4. The van der Waals surface area contributed by atoms with Gasteiger partial charge in [0, 0.05) is 18.8 Å². The Labute approximate surface area is 167 Å². The second-order valence-electron chi connectivity index (χ2n) is 6.13.